The first kappa shape index (κ1) is 28.0. The van der Waals surface area contributed by atoms with E-state index in [4.69, 9.17) is 24.1 Å². The molecule has 0 bridgehead atoms. The minimum Gasteiger partial charge on any atom is -0.457 e. The number of fused-ring (bicyclic) bond motifs is 12. The van der Waals surface area contributed by atoms with E-state index < -0.39 is 5.41 Å². The Balaban J connectivity index is 1.23. The smallest absolute Gasteiger partial charge is 0.164 e. The number of benzene rings is 7. The lowest BCUT2D eigenvalue weighted by Gasteiger charge is -2.39. The largest absolute Gasteiger partial charge is 0.457 e. The Bertz CT molecular complexity index is 2740. The first-order valence-electron chi connectivity index (χ1n) is 17.1. The highest BCUT2D eigenvalue weighted by atomic mass is 16.5. The number of ether oxygens (including phenoxy) is 1. The standard InChI is InChI=1S/C46H27N3O2/c1-3-13-28(14-4-1)43-47-44(29-15-5-2-6-16-29)49-45(48-43)30-23-24-31-33-26-34-32-17-7-10-20-39(32)50-42(34)27-38(33)46(37(31)25-30)35-18-8-11-21-40(35)51-41-22-12-9-19-36(41)46/h1-27H. The topological polar surface area (TPSA) is 61.0 Å². The molecule has 5 nitrogen and oxygen atoms in total. The van der Waals surface area contributed by atoms with E-state index in [1.165, 1.54) is 5.56 Å². The Morgan fingerprint density at radius 3 is 1.59 bits per heavy atom. The molecule has 1 aliphatic carbocycles. The molecule has 0 radical (unpaired) electrons. The van der Waals surface area contributed by atoms with Crippen LogP contribution in [-0.2, 0) is 5.41 Å². The fraction of sp³-hybridized carbons (Fsp3) is 0.0217. The van der Waals surface area contributed by atoms with Gasteiger partial charge in [-0.1, -0.05) is 127 Å². The molecule has 0 amide bonds. The Hall–Kier alpha value is -6.85. The predicted octanol–water partition coefficient (Wildman–Crippen LogP) is 11.2. The van der Waals surface area contributed by atoms with E-state index in [2.05, 4.69) is 78.9 Å². The van der Waals surface area contributed by atoms with Crippen LogP contribution in [0.2, 0.25) is 0 Å². The molecule has 238 valence electrons. The molecule has 0 unspecified atom stereocenters. The van der Waals surface area contributed by atoms with Crippen LogP contribution >= 0.6 is 0 Å². The van der Waals surface area contributed by atoms with Gasteiger partial charge in [-0.15, -0.1) is 0 Å². The van der Waals surface area contributed by atoms with Crippen molar-refractivity contribution in [2.45, 2.75) is 5.41 Å². The van der Waals surface area contributed by atoms with Gasteiger partial charge in [0.05, 0.1) is 5.41 Å². The minimum absolute atomic E-state index is 0.616. The Morgan fingerprint density at radius 2 is 0.922 bits per heavy atom. The summed E-state index contributed by atoms with van der Waals surface area (Å²) >= 11 is 0. The van der Waals surface area contributed by atoms with Gasteiger partial charge in [-0.2, -0.15) is 0 Å². The summed E-state index contributed by atoms with van der Waals surface area (Å²) in [5.41, 5.74) is 10.7. The van der Waals surface area contributed by atoms with E-state index in [9.17, 15) is 0 Å². The van der Waals surface area contributed by atoms with Crippen LogP contribution in [0.5, 0.6) is 11.5 Å². The zero-order chi connectivity index (χ0) is 33.5. The second kappa shape index (κ2) is 10.6. The van der Waals surface area contributed by atoms with Gasteiger partial charge in [-0.3, -0.25) is 0 Å². The maximum atomic E-state index is 6.62. The van der Waals surface area contributed by atoms with E-state index in [1.54, 1.807) is 0 Å². The normalized spacial score (nSPS) is 13.4. The number of hydrogen-bond acceptors (Lipinski definition) is 5. The summed E-state index contributed by atoms with van der Waals surface area (Å²) in [4.78, 5) is 15.2. The van der Waals surface area contributed by atoms with E-state index in [-0.39, 0.29) is 0 Å². The third-order valence-corrected chi connectivity index (χ3v) is 10.4. The zero-order valence-corrected chi connectivity index (χ0v) is 27.2. The average molecular weight is 654 g/mol. The Kier molecular flexibility index (Phi) is 5.81. The van der Waals surface area contributed by atoms with Crippen LogP contribution < -0.4 is 4.74 Å². The van der Waals surface area contributed by atoms with Crippen molar-refractivity contribution >= 4 is 21.9 Å². The molecule has 5 heteroatoms. The second-order valence-electron chi connectivity index (χ2n) is 13.1. The first-order valence-corrected chi connectivity index (χ1v) is 17.1. The zero-order valence-electron chi connectivity index (χ0n) is 27.2. The molecule has 0 atom stereocenters. The minimum atomic E-state index is -0.684. The van der Waals surface area contributed by atoms with Gasteiger partial charge >= 0.3 is 0 Å². The van der Waals surface area contributed by atoms with Crippen LogP contribution in [0.3, 0.4) is 0 Å². The van der Waals surface area contributed by atoms with Crippen molar-refractivity contribution in [3.05, 3.63) is 186 Å². The number of hydrogen-bond donors (Lipinski definition) is 0. The van der Waals surface area contributed by atoms with Gasteiger partial charge in [0.25, 0.3) is 0 Å². The third-order valence-electron chi connectivity index (χ3n) is 10.4. The molecule has 2 aliphatic rings. The number of furan rings is 1. The fourth-order valence-corrected chi connectivity index (χ4v) is 8.19. The molecule has 9 aromatic rings. The van der Waals surface area contributed by atoms with E-state index >= 15 is 0 Å². The van der Waals surface area contributed by atoms with Gasteiger partial charge in [0.1, 0.15) is 22.7 Å². The molecule has 1 spiro atoms. The van der Waals surface area contributed by atoms with Gasteiger partial charge in [-0.25, -0.2) is 15.0 Å². The fourth-order valence-electron chi connectivity index (χ4n) is 8.19. The number of nitrogens with zero attached hydrogens (tertiary/aromatic N) is 3. The van der Waals surface area contributed by atoms with Crippen molar-refractivity contribution in [2.24, 2.45) is 0 Å². The first-order chi connectivity index (χ1) is 25.3. The molecular formula is C46H27N3O2. The third kappa shape index (κ3) is 4.00. The van der Waals surface area contributed by atoms with Crippen molar-refractivity contribution in [3.8, 4) is 56.8 Å². The van der Waals surface area contributed by atoms with Gasteiger partial charge in [0.15, 0.2) is 17.5 Å². The molecule has 3 heterocycles. The molecular weight excluding hydrogens is 627 g/mol. The SMILES string of the molecule is c1ccc(-c2nc(-c3ccccc3)nc(-c3ccc4c(c3)C3(c5ccccc5Oc5ccccc53)c3cc5oc6ccccc6c5cc3-4)n2)cc1. The Labute approximate surface area is 293 Å². The molecule has 2 aromatic heterocycles. The molecule has 1 aliphatic heterocycles. The monoisotopic (exact) mass is 653 g/mol. The molecule has 0 saturated carbocycles. The number of para-hydroxylation sites is 3. The van der Waals surface area contributed by atoms with Crippen LogP contribution in [0.4, 0.5) is 0 Å². The van der Waals surface area contributed by atoms with Crippen molar-refractivity contribution in [3.63, 3.8) is 0 Å². The molecule has 11 rings (SSSR count). The summed E-state index contributed by atoms with van der Waals surface area (Å²) in [6.07, 6.45) is 0. The molecule has 51 heavy (non-hydrogen) atoms. The maximum Gasteiger partial charge on any atom is 0.164 e. The van der Waals surface area contributed by atoms with Crippen molar-refractivity contribution in [1.82, 2.24) is 15.0 Å². The predicted molar refractivity (Wildman–Crippen MR) is 201 cm³/mol. The van der Waals surface area contributed by atoms with Gasteiger partial charge in [0.2, 0.25) is 0 Å². The Morgan fingerprint density at radius 1 is 0.373 bits per heavy atom. The maximum absolute atomic E-state index is 6.62. The average Bonchev–Trinajstić information content (AvgIpc) is 3.70. The summed E-state index contributed by atoms with van der Waals surface area (Å²) in [7, 11) is 0. The van der Waals surface area contributed by atoms with Crippen LogP contribution in [-0.4, -0.2) is 15.0 Å². The van der Waals surface area contributed by atoms with Crippen LogP contribution in [0.25, 0.3) is 67.2 Å². The molecule has 0 saturated heterocycles. The van der Waals surface area contributed by atoms with E-state index in [1.807, 2.05) is 84.9 Å². The van der Waals surface area contributed by atoms with Crippen molar-refractivity contribution < 1.29 is 9.15 Å². The quantitative estimate of drug-likeness (QED) is 0.190. The second-order valence-corrected chi connectivity index (χ2v) is 13.1. The van der Waals surface area contributed by atoms with Crippen molar-refractivity contribution in [1.29, 1.82) is 0 Å². The van der Waals surface area contributed by atoms with Gasteiger partial charge in [-0.05, 0) is 58.7 Å². The molecule has 0 N–H and O–H groups in total. The highest BCUT2D eigenvalue weighted by Gasteiger charge is 2.51. The van der Waals surface area contributed by atoms with Gasteiger partial charge in [0, 0.05) is 38.6 Å². The van der Waals surface area contributed by atoms with E-state index in [0.717, 1.165) is 77.9 Å². The number of aromatic nitrogens is 3. The van der Waals surface area contributed by atoms with Gasteiger partial charge < -0.3 is 9.15 Å². The van der Waals surface area contributed by atoms with Crippen LogP contribution in [0.15, 0.2) is 168 Å². The summed E-state index contributed by atoms with van der Waals surface area (Å²) < 4.78 is 13.1. The number of rotatable bonds is 3. The lowest BCUT2D eigenvalue weighted by molar-refractivity contribution is 0.436. The van der Waals surface area contributed by atoms with Crippen LogP contribution in [0, 0.1) is 0 Å². The lowest BCUT2D eigenvalue weighted by atomic mass is 9.66. The highest BCUT2D eigenvalue weighted by molar-refractivity contribution is 6.08. The highest BCUT2D eigenvalue weighted by Crippen LogP contribution is 2.63. The van der Waals surface area contributed by atoms with E-state index in [0.29, 0.717) is 17.5 Å². The lowest BCUT2D eigenvalue weighted by Crippen LogP contribution is -2.32. The summed E-state index contributed by atoms with van der Waals surface area (Å²) in [5.74, 6) is 3.55. The summed E-state index contributed by atoms with van der Waals surface area (Å²) in [6.45, 7) is 0. The summed E-state index contributed by atoms with van der Waals surface area (Å²) in [6, 6.07) is 56.5. The van der Waals surface area contributed by atoms with Crippen LogP contribution in [0.1, 0.15) is 22.3 Å². The summed E-state index contributed by atoms with van der Waals surface area (Å²) in [5, 5.41) is 2.21. The molecule has 0 fully saturated rings. The molecule has 7 aromatic carbocycles. The van der Waals surface area contributed by atoms with Crippen molar-refractivity contribution in [2.75, 3.05) is 0 Å².